The summed E-state index contributed by atoms with van der Waals surface area (Å²) in [5.41, 5.74) is 0. The fourth-order valence-electron chi connectivity index (χ4n) is 1.94. The minimum atomic E-state index is -0.885. The summed E-state index contributed by atoms with van der Waals surface area (Å²) in [6, 6.07) is 0. The lowest BCUT2D eigenvalue weighted by Crippen LogP contribution is -2.72. The van der Waals surface area contributed by atoms with Crippen molar-refractivity contribution < 1.29 is 14.4 Å². The van der Waals surface area contributed by atoms with Crippen LogP contribution in [-0.4, -0.2) is 54.7 Å². The lowest BCUT2D eigenvalue weighted by molar-refractivity contribution is -0.890. The van der Waals surface area contributed by atoms with E-state index in [0.717, 1.165) is 39.3 Å². The van der Waals surface area contributed by atoms with Gasteiger partial charge in [-0.25, -0.2) is 0 Å². The van der Waals surface area contributed by atoms with Gasteiger partial charge in [0, 0.05) is 19.6 Å². The van der Waals surface area contributed by atoms with E-state index < -0.39 is 6.09 Å². The van der Waals surface area contributed by atoms with E-state index in [-0.39, 0.29) is 4.48 Å². The summed E-state index contributed by atoms with van der Waals surface area (Å²) in [4.78, 5) is 13.1. The molecule has 0 aliphatic carbocycles. The van der Waals surface area contributed by atoms with Crippen molar-refractivity contribution in [3.8, 4) is 0 Å². The van der Waals surface area contributed by atoms with Crippen LogP contribution in [-0.2, 0) is 0 Å². The second-order valence-electron chi connectivity index (χ2n) is 3.42. The second kappa shape index (κ2) is 2.19. The quantitative estimate of drug-likeness (QED) is 0.400. The van der Waals surface area contributed by atoms with E-state index in [4.69, 9.17) is 0 Å². The van der Waals surface area contributed by atoms with Crippen LogP contribution in [0.25, 0.3) is 0 Å². The van der Waals surface area contributed by atoms with Crippen molar-refractivity contribution in [1.82, 2.24) is 4.90 Å². The molecule has 3 saturated heterocycles. The molecule has 0 radical (unpaired) electrons. The molecule has 0 aromatic rings. The first-order chi connectivity index (χ1) is 5.23. The molecule has 3 heterocycles. The Morgan fingerprint density at radius 2 is 1.64 bits per heavy atom. The average molecular weight is 156 g/mol. The first kappa shape index (κ1) is 7.06. The smallest absolute Gasteiger partial charge is 0.257 e. The van der Waals surface area contributed by atoms with Gasteiger partial charge in [-0.3, -0.25) is 9.38 Å². The molecule has 0 aromatic heterocycles. The van der Waals surface area contributed by atoms with Crippen LogP contribution in [0.1, 0.15) is 0 Å². The van der Waals surface area contributed by atoms with Gasteiger partial charge in [0.15, 0.2) is 0 Å². The van der Waals surface area contributed by atoms with Gasteiger partial charge >= 0.3 is 0 Å². The van der Waals surface area contributed by atoms with Crippen molar-refractivity contribution in [2.45, 2.75) is 0 Å². The monoisotopic (exact) mass is 156 g/mol. The Bertz CT molecular complexity index is 171. The van der Waals surface area contributed by atoms with Gasteiger partial charge in [-0.2, -0.15) is 0 Å². The van der Waals surface area contributed by atoms with Crippen molar-refractivity contribution in [1.29, 1.82) is 0 Å². The second-order valence-corrected chi connectivity index (χ2v) is 3.42. The summed E-state index contributed by atoms with van der Waals surface area (Å²) in [6.45, 7) is 4.99. The predicted molar refractivity (Wildman–Crippen MR) is 36.7 cm³/mol. The molecule has 0 N–H and O–H groups in total. The van der Waals surface area contributed by atoms with Crippen molar-refractivity contribution in [3.63, 3.8) is 0 Å². The van der Waals surface area contributed by atoms with Crippen molar-refractivity contribution in [2.24, 2.45) is 0 Å². The molecule has 4 nitrogen and oxygen atoms in total. The number of nitrogens with zero attached hydrogens (tertiary/aromatic N) is 2. The number of quaternary nitrogens is 1. The van der Waals surface area contributed by atoms with Crippen molar-refractivity contribution in [2.75, 3.05) is 39.3 Å². The Hall–Kier alpha value is -0.610. The van der Waals surface area contributed by atoms with E-state index >= 15 is 0 Å². The Morgan fingerprint density at radius 3 is 1.91 bits per heavy atom. The number of rotatable bonds is 0. The van der Waals surface area contributed by atoms with Crippen LogP contribution in [0.5, 0.6) is 0 Å². The molecule has 3 rings (SSSR count). The number of carboxylic acid groups (broad SMARTS) is 1. The van der Waals surface area contributed by atoms with Crippen LogP contribution in [0.3, 0.4) is 0 Å². The minimum Gasteiger partial charge on any atom is -0.498 e. The largest absolute Gasteiger partial charge is 0.498 e. The molecule has 2 bridgehead atoms. The Balaban J connectivity index is 2.18. The molecule has 3 fully saturated rings. The van der Waals surface area contributed by atoms with Gasteiger partial charge in [-0.1, -0.05) is 0 Å². The molecule has 3 aliphatic rings. The normalized spacial score (nSPS) is 42.4. The highest BCUT2D eigenvalue weighted by Crippen LogP contribution is 2.18. The zero-order valence-electron chi connectivity index (χ0n) is 6.45. The number of hydrogen-bond acceptors (Lipinski definition) is 3. The third-order valence-electron chi connectivity index (χ3n) is 2.92. The number of hydrogen-bond donors (Lipinski definition) is 0. The molecule has 0 spiro atoms. The topological polar surface area (TPSA) is 43.4 Å². The summed E-state index contributed by atoms with van der Waals surface area (Å²) in [7, 11) is 0. The number of carbonyl (C=O) groups is 1. The molecular weight excluding hydrogens is 144 g/mol. The summed E-state index contributed by atoms with van der Waals surface area (Å²) < 4.78 is 0.205. The highest BCUT2D eigenvalue weighted by Gasteiger charge is 2.39. The molecule has 0 atom stereocenters. The Labute approximate surface area is 65.6 Å². The first-order valence-electron chi connectivity index (χ1n) is 4.03. The third-order valence-corrected chi connectivity index (χ3v) is 2.92. The summed E-state index contributed by atoms with van der Waals surface area (Å²) in [6.07, 6.45) is -0.885. The van der Waals surface area contributed by atoms with Gasteiger partial charge in [-0.05, 0) is 0 Å². The molecule has 11 heavy (non-hydrogen) atoms. The molecule has 0 aromatic carbocycles. The molecule has 0 saturated carbocycles. The molecule has 3 aliphatic heterocycles. The van der Waals surface area contributed by atoms with Gasteiger partial charge in [0.05, 0.1) is 19.6 Å². The van der Waals surface area contributed by atoms with Gasteiger partial charge in [0.1, 0.15) is 0 Å². The third kappa shape index (κ3) is 0.937. The minimum absolute atomic E-state index is 0.205. The molecule has 0 unspecified atom stereocenters. The van der Waals surface area contributed by atoms with Crippen molar-refractivity contribution in [3.05, 3.63) is 0 Å². The maximum Gasteiger partial charge on any atom is 0.257 e. The Morgan fingerprint density at radius 1 is 1.18 bits per heavy atom. The maximum atomic E-state index is 10.8. The molecule has 4 heteroatoms. The highest BCUT2D eigenvalue weighted by atomic mass is 16.4. The van der Waals surface area contributed by atoms with Crippen LogP contribution in [0.4, 0.5) is 4.79 Å². The summed E-state index contributed by atoms with van der Waals surface area (Å²) in [5.74, 6) is 0. The van der Waals surface area contributed by atoms with E-state index in [1.165, 1.54) is 0 Å². The van der Waals surface area contributed by atoms with Gasteiger partial charge < -0.3 is 9.90 Å². The van der Waals surface area contributed by atoms with E-state index in [1.54, 1.807) is 0 Å². The first-order valence-corrected chi connectivity index (χ1v) is 4.03. The van der Waals surface area contributed by atoms with Crippen LogP contribution < -0.4 is 5.11 Å². The lowest BCUT2D eigenvalue weighted by atomic mass is 10.2. The SMILES string of the molecule is O=C([O-])[N+]12CCN(CC1)CC2. The van der Waals surface area contributed by atoms with Crippen LogP contribution in [0, 0.1) is 0 Å². The van der Waals surface area contributed by atoms with Gasteiger partial charge in [-0.15, -0.1) is 0 Å². The van der Waals surface area contributed by atoms with Crippen LogP contribution >= 0.6 is 0 Å². The van der Waals surface area contributed by atoms with E-state index in [9.17, 15) is 9.90 Å². The average Bonchev–Trinajstić information content (AvgIpc) is 2.08. The maximum absolute atomic E-state index is 10.8. The lowest BCUT2D eigenvalue weighted by Gasteiger charge is -2.49. The highest BCUT2D eigenvalue weighted by molar-refractivity contribution is 5.54. The van der Waals surface area contributed by atoms with E-state index in [2.05, 4.69) is 4.90 Å². The van der Waals surface area contributed by atoms with Gasteiger partial charge in [0.2, 0.25) is 0 Å². The number of amides is 1. The molecule has 1 amide bonds. The molecular formula is C7H12N2O2. The fourth-order valence-corrected chi connectivity index (χ4v) is 1.94. The van der Waals surface area contributed by atoms with Crippen LogP contribution in [0.15, 0.2) is 0 Å². The van der Waals surface area contributed by atoms with Crippen LogP contribution in [0.2, 0.25) is 0 Å². The fraction of sp³-hybridized carbons (Fsp3) is 0.857. The number of carbonyl (C=O) groups excluding carboxylic acids is 1. The predicted octanol–water partition coefficient (Wildman–Crippen LogP) is -1.52. The van der Waals surface area contributed by atoms with Gasteiger partial charge in [0.25, 0.3) is 6.09 Å². The van der Waals surface area contributed by atoms with E-state index in [0.29, 0.717) is 0 Å². The zero-order chi connectivity index (χ0) is 7.90. The zero-order valence-corrected chi connectivity index (χ0v) is 6.45. The number of piperazine rings is 3. The molecule has 62 valence electrons. The summed E-state index contributed by atoms with van der Waals surface area (Å²) >= 11 is 0. The van der Waals surface area contributed by atoms with Crippen molar-refractivity contribution >= 4 is 6.09 Å². The standard InChI is InChI=1S/C7H12N2O2/c10-7(11)9-4-1-8(2-5-9)3-6-9/h1-6H2. The van der Waals surface area contributed by atoms with E-state index in [1.807, 2.05) is 0 Å². The Kier molecular flexibility index (Phi) is 1.40. The summed E-state index contributed by atoms with van der Waals surface area (Å²) in [5, 5.41) is 10.8. The number of fused-ring (bicyclic) bond motifs is 3.